The highest BCUT2D eigenvalue weighted by atomic mass is 16.4. The maximum absolute atomic E-state index is 14.3. The van der Waals surface area contributed by atoms with Crippen molar-refractivity contribution in [1.82, 2.24) is 73.7 Å². The molecule has 1 heterocycles. The molecule has 26 N–H and O–H groups in total. The zero-order valence-corrected chi connectivity index (χ0v) is 65.6. The highest BCUT2D eigenvalue weighted by Crippen LogP contribution is 2.21. The summed E-state index contributed by atoms with van der Waals surface area (Å²) in [6, 6.07) is -13.7. The van der Waals surface area contributed by atoms with Crippen LogP contribution in [-0.4, -0.2) is 269 Å². The minimum Gasteiger partial charge on any atom is -0.481 e. The topological polar surface area (TPSA) is 724 Å². The molecule has 0 saturated heterocycles. The van der Waals surface area contributed by atoms with Gasteiger partial charge in [-0.3, -0.25) is 91.1 Å². The summed E-state index contributed by atoms with van der Waals surface area (Å²) in [5.74, 6) is -26.9. The molecule has 0 fully saturated rings. The van der Waals surface area contributed by atoms with Gasteiger partial charge in [0.1, 0.15) is 66.5 Å². The number of amides is 15. The number of primary amides is 2. The second kappa shape index (κ2) is 51.0. The SMILES string of the molecule is CCC(C)CCCCCCC(=O)N[C@@H](Cc1c[nH]c2ccccc12)C(=O)N[C@H](CCC(=O)O)C(=O)N[C@H](C(=O)N[C@H](C(=O)N(C)CC(=O)N[C@@H](C)C(=O)N[C@@H](CC(=O)O)C(=O)N[C@H](CCCCN)C(=O)N[C@@H](CC(=O)O)C(=O)NCC(=O)N[C@H](CC(N)=O)C(=O)N[C@@H](CCC(=O)O)C(=O)N[C@H](C(=O)O)[C@@H](C)CC)[C@@H](C)O)C(O)C(N)=O. The lowest BCUT2D eigenvalue weighted by Crippen LogP contribution is -2.64. The Bertz CT molecular complexity index is 3800. The van der Waals surface area contributed by atoms with Crippen LogP contribution < -0.4 is 81.0 Å². The number of aliphatic hydroxyl groups excluding tert-OH is 2. The molecular formula is C72H111N17O27. The first-order chi connectivity index (χ1) is 54.4. The molecule has 0 radical (unpaired) electrons. The Balaban J connectivity index is 2.31. The zero-order valence-electron chi connectivity index (χ0n) is 65.6. The Labute approximate surface area is 666 Å². The number of hydrogen-bond acceptors (Lipinski definition) is 23. The van der Waals surface area contributed by atoms with Crippen LogP contribution in [0.3, 0.4) is 0 Å². The number of aromatic nitrogens is 1. The Hall–Kier alpha value is -12.0. The minimum absolute atomic E-state index is 0.0152. The van der Waals surface area contributed by atoms with Gasteiger partial charge >= 0.3 is 29.8 Å². The van der Waals surface area contributed by atoms with Crippen LogP contribution in [-0.2, 0) is 102 Å². The normalized spacial score (nSPS) is 14.9. The number of nitrogens with two attached hydrogens (primary N) is 3. The van der Waals surface area contributed by atoms with Crippen LogP contribution in [0.5, 0.6) is 0 Å². The van der Waals surface area contributed by atoms with Crippen molar-refractivity contribution in [3.8, 4) is 0 Å². The monoisotopic (exact) mass is 1650 g/mol. The van der Waals surface area contributed by atoms with E-state index in [4.69, 9.17) is 17.2 Å². The quantitative estimate of drug-likeness (QED) is 0.0274. The Morgan fingerprint density at radius 1 is 0.457 bits per heavy atom. The first-order valence-electron chi connectivity index (χ1n) is 37.6. The molecular weight excluding hydrogens is 1530 g/mol. The average Bonchev–Trinajstić information content (AvgIpc) is 1.68. The number of rotatable bonds is 57. The number of unbranched alkanes of at least 4 members (excludes halogenated alkanes) is 4. The molecule has 0 aliphatic carbocycles. The largest absolute Gasteiger partial charge is 0.481 e. The molecule has 1 aromatic heterocycles. The van der Waals surface area contributed by atoms with Gasteiger partial charge in [-0.25, -0.2) is 4.79 Å². The van der Waals surface area contributed by atoms with E-state index in [2.05, 4.69) is 66.7 Å². The van der Waals surface area contributed by atoms with Crippen molar-refractivity contribution in [3.63, 3.8) is 0 Å². The fraction of sp³-hybridized carbons (Fsp3) is 0.611. The van der Waals surface area contributed by atoms with Crippen LogP contribution in [0.4, 0.5) is 0 Å². The summed E-state index contributed by atoms with van der Waals surface area (Å²) in [6.45, 7) is 7.21. The van der Waals surface area contributed by atoms with Gasteiger partial charge in [-0.2, -0.15) is 0 Å². The molecule has 0 aliphatic rings. The zero-order chi connectivity index (χ0) is 87.8. The number of H-pyrrole nitrogens is 1. The number of para-hydroxylation sites is 1. The van der Waals surface area contributed by atoms with E-state index in [1.165, 1.54) is 6.92 Å². The Morgan fingerprint density at radius 3 is 1.45 bits per heavy atom. The number of aromatic amines is 1. The third kappa shape index (κ3) is 36.5. The number of carboxylic acid groups (broad SMARTS) is 5. The van der Waals surface area contributed by atoms with Crippen molar-refractivity contribution in [2.75, 3.05) is 26.7 Å². The fourth-order valence-electron chi connectivity index (χ4n) is 11.4. The Morgan fingerprint density at radius 2 is 0.931 bits per heavy atom. The van der Waals surface area contributed by atoms with Crippen molar-refractivity contribution >= 4 is 129 Å². The molecule has 646 valence electrons. The van der Waals surface area contributed by atoms with Gasteiger partial charge in [0.15, 0.2) is 6.10 Å². The number of nitrogens with zero attached hydrogens (tertiary/aromatic N) is 1. The summed E-state index contributed by atoms with van der Waals surface area (Å²) in [7, 11) is 0.958. The minimum atomic E-state index is -2.64. The van der Waals surface area contributed by atoms with Gasteiger partial charge in [0.05, 0.1) is 38.5 Å². The van der Waals surface area contributed by atoms with Crippen molar-refractivity contribution in [2.45, 2.75) is 242 Å². The number of benzene rings is 1. The first-order valence-corrected chi connectivity index (χ1v) is 37.6. The van der Waals surface area contributed by atoms with Gasteiger partial charge in [0.2, 0.25) is 88.6 Å². The number of carbonyl (C=O) groups is 20. The smallest absolute Gasteiger partial charge is 0.326 e. The van der Waals surface area contributed by atoms with Crippen LogP contribution >= 0.6 is 0 Å². The molecule has 0 bridgehead atoms. The number of likely N-dealkylation sites (N-methyl/N-ethyl adjacent to an activating group) is 1. The summed E-state index contributed by atoms with van der Waals surface area (Å²) >= 11 is 0. The second-order valence-electron chi connectivity index (χ2n) is 28.1. The van der Waals surface area contributed by atoms with E-state index < -0.39 is 261 Å². The lowest BCUT2D eigenvalue weighted by Gasteiger charge is -2.30. The number of aliphatic carboxylic acids is 5. The molecule has 0 saturated carbocycles. The number of fused-ring (bicyclic) bond motifs is 1. The van der Waals surface area contributed by atoms with E-state index in [9.17, 15) is 132 Å². The molecule has 1 aromatic carbocycles. The van der Waals surface area contributed by atoms with Crippen molar-refractivity contribution in [1.29, 1.82) is 0 Å². The predicted molar refractivity (Wildman–Crippen MR) is 406 cm³/mol. The lowest BCUT2D eigenvalue weighted by atomic mass is 9.98. The van der Waals surface area contributed by atoms with Gasteiger partial charge < -0.3 is 127 Å². The number of carboxylic acids is 5. The average molecular weight is 1650 g/mol. The summed E-state index contributed by atoms with van der Waals surface area (Å²) < 4.78 is 0. The van der Waals surface area contributed by atoms with Crippen LogP contribution in [0.25, 0.3) is 10.9 Å². The number of nitrogens with one attached hydrogen (secondary N) is 13. The summed E-state index contributed by atoms with van der Waals surface area (Å²) in [5, 5.41) is 96.9. The number of aliphatic hydroxyl groups is 2. The molecule has 44 nitrogen and oxygen atoms in total. The second-order valence-corrected chi connectivity index (χ2v) is 28.1. The van der Waals surface area contributed by atoms with E-state index >= 15 is 0 Å². The van der Waals surface area contributed by atoms with E-state index in [1.807, 2.05) is 16.0 Å². The highest BCUT2D eigenvalue weighted by Gasteiger charge is 2.41. The molecule has 0 aliphatic heterocycles. The van der Waals surface area contributed by atoms with Crippen molar-refractivity contribution < 1.29 is 132 Å². The summed E-state index contributed by atoms with van der Waals surface area (Å²) in [6.07, 6.45) is -4.14. The maximum atomic E-state index is 14.3. The summed E-state index contributed by atoms with van der Waals surface area (Å²) in [4.78, 5) is 266. The molecule has 44 heteroatoms. The van der Waals surface area contributed by atoms with Crippen molar-refractivity contribution in [2.24, 2.45) is 29.0 Å². The summed E-state index contributed by atoms with van der Waals surface area (Å²) in [5.41, 5.74) is 17.5. The molecule has 15 atom stereocenters. The van der Waals surface area contributed by atoms with Gasteiger partial charge in [-0.05, 0) is 82.4 Å². The molecule has 0 spiro atoms. The third-order valence-electron chi connectivity index (χ3n) is 18.5. The first kappa shape index (κ1) is 100. The molecule has 15 amide bonds. The molecule has 116 heavy (non-hydrogen) atoms. The van der Waals surface area contributed by atoms with Gasteiger partial charge in [0, 0.05) is 49.8 Å². The third-order valence-corrected chi connectivity index (χ3v) is 18.5. The van der Waals surface area contributed by atoms with E-state index in [0.29, 0.717) is 33.7 Å². The number of carbonyl (C=O) groups excluding carboxylic acids is 15. The van der Waals surface area contributed by atoms with Crippen LogP contribution in [0.15, 0.2) is 30.5 Å². The lowest BCUT2D eigenvalue weighted by molar-refractivity contribution is -0.144. The molecule has 2 unspecified atom stereocenters. The standard InChI is InChI=1S/C72H111N17O27/c1-8-35(3)18-12-10-11-13-22-50(92)79-45(28-39-32-76-41-20-15-14-19-40(39)41)67(110)82-44(24-26-54(97)98)66(109)88-59(60(103)61(75)104)70(113)87-58(38(6)90)71(114)89(7)34-52(94)78-37(5)62(105)84-48(31-56(101)102)69(112)81-42(21-16-17-27-73)64(107)85-47(30-55(99)100)63(106)77-33-51(93)80-46(29-49(74)91)68(111)83-43(23-25-53(95)96)65(108)86-57(72(115)116)36(4)9-2/h14-15,19-20,32,35-38,42-48,57-60,76,90,103H,8-13,16-18,21-31,33-34,73H2,1-7H3,(H2,74,91)(H2,75,104)(H,77,106)(H,78,94)(H,79,92)(H,80,93)(H,81,112)(H,82,110)(H,83,111)(H,84,105)(H,85,107)(H,86,108)(H,87,113)(H,88,109)(H,95,96)(H,97,98)(H,99,100)(H,101,102)(H,115,116)/t35?,36-,37-,38+,42+,43-,44+,45-,46+,47-,48-,57-,58-,59-,60?/m0/s1. The van der Waals surface area contributed by atoms with Crippen molar-refractivity contribution in [3.05, 3.63) is 36.0 Å². The van der Waals surface area contributed by atoms with Gasteiger partial charge in [-0.15, -0.1) is 0 Å². The van der Waals surface area contributed by atoms with E-state index in [-0.39, 0.29) is 45.1 Å². The van der Waals surface area contributed by atoms with Gasteiger partial charge in [-0.1, -0.05) is 84.4 Å². The Kier molecular flexibility index (Phi) is 44.0. The van der Waals surface area contributed by atoms with E-state index in [0.717, 1.165) is 53.0 Å². The molecule has 2 aromatic rings. The highest BCUT2D eigenvalue weighted by molar-refractivity contribution is 6.02. The number of hydrogen-bond donors (Lipinski definition) is 23. The fourth-order valence-corrected chi connectivity index (χ4v) is 11.4. The van der Waals surface area contributed by atoms with Gasteiger partial charge in [0.25, 0.3) is 0 Å². The van der Waals surface area contributed by atoms with Crippen LogP contribution in [0.2, 0.25) is 0 Å². The maximum Gasteiger partial charge on any atom is 0.326 e. The molecule has 2 rings (SSSR count). The van der Waals surface area contributed by atoms with E-state index in [1.54, 1.807) is 37.4 Å². The van der Waals surface area contributed by atoms with Crippen LogP contribution in [0.1, 0.15) is 163 Å². The van der Waals surface area contributed by atoms with Crippen LogP contribution in [0, 0.1) is 11.8 Å². The predicted octanol–water partition coefficient (Wildman–Crippen LogP) is -5.93.